The second-order valence-electron chi connectivity index (χ2n) is 5.72. The molecule has 1 aliphatic rings. The summed E-state index contributed by atoms with van der Waals surface area (Å²) in [4.78, 5) is 23.7. The second-order valence-corrected chi connectivity index (χ2v) is 6.53. The Morgan fingerprint density at radius 2 is 1.96 bits per heavy atom. The number of aryl methyl sites for hydroxylation is 1. The Bertz CT molecular complexity index is 916. The number of allylic oxidation sites excluding steroid dienone is 1. The van der Waals surface area contributed by atoms with Crippen molar-refractivity contribution in [3.8, 4) is 11.5 Å². The third kappa shape index (κ3) is 3.70. The van der Waals surface area contributed by atoms with Crippen LogP contribution in [0.5, 0.6) is 11.5 Å². The quantitative estimate of drug-likeness (QED) is 0.713. The number of halogens is 2. The zero-order valence-electron chi connectivity index (χ0n) is 13.6. The number of fused-ring (bicyclic) bond motifs is 1. The van der Waals surface area contributed by atoms with E-state index in [4.69, 9.17) is 32.7 Å². The fraction of sp³-hybridized carbons (Fsp3) is 0.158. The fourth-order valence-corrected chi connectivity index (χ4v) is 2.81. The molecule has 0 radical (unpaired) electrons. The molecule has 2 aromatic rings. The highest BCUT2D eigenvalue weighted by molar-refractivity contribution is 6.42. The van der Waals surface area contributed by atoms with Crippen molar-refractivity contribution in [2.75, 3.05) is 6.61 Å². The first-order chi connectivity index (χ1) is 11.8. The summed E-state index contributed by atoms with van der Waals surface area (Å²) >= 11 is 11.9. The zero-order chi connectivity index (χ0) is 18.1. The van der Waals surface area contributed by atoms with E-state index in [2.05, 4.69) is 0 Å². The minimum atomic E-state index is -0.211. The van der Waals surface area contributed by atoms with Gasteiger partial charge in [0.2, 0.25) is 5.78 Å². The smallest absolute Gasteiger partial charge is 0.232 e. The summed E-state index contributed by atoms with van der Waals surface area (Å²) in [6.45, 7) is 3.21. The predicted octanol–water partition coefficient (Wildman–Crippen LogP) is 4.89. The van der Waals surface area contributed by atoms with Gasteiger partial charge in [-0.25, -0.2) is 0 Å². The zero-order valence-corrected chi connectivity index (χ0v) is 15.1. The molecule has 0 amide bonds. The molecule has 0 saturated carbocycles. The number of rotatable bonds is 4. The Labute approximate surface area is 155 Å². The normalized spacial score (nSPS) is 14.4. The molecule has 0 N–H and O–H groups in total. The average molecular weight is 377 g/mol. The lowest BCUT2D eigenvalue weighted by molar-refractivity contribution is -0.118. The van der Waals surface area contributed by atoms with E-state index in [-0.39, 0.29) is 23.9 Å². The maximum atomic E-state index is 12.6. The number of ketones is 2. The van der Waals surface area contributed by atoms with Gasteiger partial charge in [0.05, 0.1) is 15.6 Å². The number of carbonyl (C=O) groups is 2. The molecule has 25 heavy (non-hydrogen) atoms. The summed E-state index contributed by atoms with van der Waals surface area (Å²) in [6.07, 6.45) is 1.61. The number of hydrogen-bond acceptors (Lipinski definition) is 4. The van der Waals surface area contributed by atoms with Crippen LogP contribution < -0.4 is 9.47 Å². The molecule has 1 aliphatic heterocycles. The SMILES string of the molecule is CC(=O)COc1cc(C)c2c(c1)O/C(=C\c1ccc(Cl)c(Cl)c1)C2=O. The molecular weight excluding hydrogens is 363 g/mol. The lowest BCUT2D eigenvalue weighted by atomic mass is 10.0. The summed E-state index contributed by atoms with van der Waals surface area (Å²) in [7, 11) is 0. The van der Waals surface area contributed by atoms with Crippen LogP contribution >= 0.6 is 23.2 Å². The van der Waals surface area contributed by atoms with Crippen LogP contribution in [0.15, 0.2) is 36.1 Å². The maximum absolute atomic E-state index is 12.6. The third-order valence-corrected chi connectivity index (χ3v) is 4.37. The number of ether oxygens (including phenoxy) is 2. The maximum Gasteiger partial charge on any atom is 0.232 e. The highest BCUT2D eigenvalue weighted by atomic mass is 35.5. The van der Waals surface area contributed by atoms with E-state index >= 15 is 0 Å². The van der Waals surface area contributed by atoms with Gasteiger partial charge in [-0.3, -0.25) is 9.59 Å². The number of hydrogen-bond donors (Lipinski definition) is 0. The van der Waals surface area contributed by atoms with E-state index in [0.717, 1.165) is 5.56 Å². The van der Waals surface area contributed by atoms with Crippen LogP contribution in [0.3, 0.4) is 0 Å². The first kappa shape index (κ1) is 17.5. The minimum Gasteiger partial charge on any atom is -0.486 e. The van der Waals surface area contributed by atoms with Crippen LogP contribution in [0.25, 0.3) is 6.08 Å². The Morgan fingerprint density at radius 3 is 2.64 bits per heavy atom. The number of benzene rings is 2. The van der Waals surface area contributed by atoms with Crippen molar-refractivity contribution in [2.24, 2.45) is 0 Å². The van der Waals surface area contributed by atoms with Crippen molar-refractivity contribution in [3.05, 3.63) is 62.8 Å². The van der Waals surface area contributed by atoms with Crippen LogP contribution in [0.2, 0.25) is 10.0 Å². The first-order valence-corrected chi connectivity index (χ1v) is 8.27. The van der Waals surface area contributed by atoms with Crippen LogP contribution in [0, 0.1) is 6.92 Å². The van der Waals surface area contributed by atoms with Gasteiger partial charge >= 0.3 is 0 Å². The lowest BCUT2D eigenvalue weighted by Gasteiger charge is -2.07. The summed E-state index contributed by atoms with van der Waals surface area (Å²) in [5.41, 5.74) is 1.91. The molecule has 0 bridgehead atoms. The van der Waals surface area contributed by atoms with Crippen molar-refractivity contribution in [1.82, 2.24) is 0 Å². The summed E-state index contributed by atoms with van der Waals surface area (Å²) < 4.78 is 11.1. The molecular formula is C19H14Cl2O4. The minimum absolute atomic E-state index is 0.0296. The monoisotopic (exact) mass is 376 g/mol. The Morgan fingerprint density at radius 1 is 1.20 bits per heavy atom. The van der Waals surface area contributed by atoms with Crippen LogP contribution in [0.1, 0.15) is 28.4 Å². The molecule has 6 heteroatoms. The van der Waals surface area contributed by atoms with Crippen molar-refractivity contribution < 1.29 is 19.1 Å². The van der Waals surface area contributed by atoms with Crippen LogP contribution in [-0.2, 0) is 4.79 Å². The first-order valence-electron chi connectivity index (χ1n) is 7.51. The molecule has 0 spiro atoms. The van der Waals surface area contributed by atoms with Gasteiger partial charge in [-0.05, 0) is 49.2 Å². The Kier molecular flexibility index (Phi) is 4.84. The Hall–Kier alpha value is -2.30. The van der Waals surface area contributed by atoms with Crippen LogP contribution in [0.4, 0.5) is 0 Å². The standard InChI is InChI=1S/C19H14Cl2O4/c1-10-5-13(24-9-11(2)22)8-16-18(10)19(23)17(25-16)7-12-3-4-14(20)15(21)6-12/h3-8H,9H2,1-2H3/b17-7-. The van der Waals surface area contributed by atoms with Gasteiger partial charge in [-0.2, -0.15) is 0 Å². The molecule has 2 aromatic carbocycles. The van der Waals surface area contributed by atoms with Gasteiger partial charge < -0.3 is 9.47 Å². The van der Waals surface area contributed by atoms with Gasteiger partial charge in [0, 0.05) is 6.07 Å². The van der Waals surface area contributed by atoms with Gasteiger partial charge in [-0.15, -0.1) is 0 Å². The molecule has 128 valence electrons. The summed E-state index contributed by atoms with van der Waals surface area (Å²) in [5, 5.41) is 0.837. The molecule has 0 saturated heterocycles. The summed E-state index contributed by atoms with van der Waals surface area (Å²) in [6, 6.07) is 8.38. The molecule has 4 nitrogen and oxygen atoms in total. The van der Waals surface area contributed by atoms with Crippen molar-refractivity contribution >= 4 is 40.8 Å². The number of Topliss-reactive ketones (excluding diaryl/α,β-unsaturated/α-hetero) is 2. The second kappa shape index (κ2) is 6.90. The molecule has 3 rings (SSSR count). The van der Waals surface area contributed by atoms with Crippen molar-refractivity contribution in [1.29, 1.82) is 0 Å². The lowest BCUT2D eigenvalue weighted by Crippen LogP contribution is -2.06. The van der Waals surface area contributed by atoms with Gasteiger partial charge in [-0.1, -0.05) is 29.3 Å². The van der Waals surface area contributed by atoms with Gasteiger partial charge in [0.15, 0.2) is 11.5 Å². The van der Waals surface area contributed by atoms with E-state index < -0.39 is 0 Å². The van der Waals surface area contributed by atoms with E-state index in [0.29, 0.717) is 32.7 Å². The van der Waals surface area contributed by atoms with E-state index in [9.17, 15) is 9.59 Å². The predicted molar refractivity (Wildman–Crippen MR) is 96.8 cm³/mol. The van der Waals surface area contributed by atoms with Crippen LogP contribution in [-0.4, -0.2) is 18.2 Å². The molecule has 0 aliphatic carbocycles. The summed E-state index contributed by atoms with van der Waals surface area (Å²) in [5.74, 6) is 0.789. The average Bonchev–Trinajstić information content (AvgIpc) is 2.85. The molecule has 0 unspecified atom stereocenters. The molecule has 0 fully saturated rings. The van der Waals surface area contributed by atoms with Gasteiger partial charge in [0.1, 0.15) is 18.1 Å². The van der Waals surface area contributed by atoms with E-state index in [1.807, 2.05) is 0 Å². The largest absolute Gasteiger partial charge is 0.486 e. The van der Waals surface area contributed by atoms with Crippen molar-refractivity contribution in [3.63, 3.8) is 0 Å². The molecule has 0 atom stereocenters. The number of carbonyl (C=O) groups excluding carboxylic acids is 2. The Balaban J connectivity index is 1.92. The highest BCUT2D eigenvalue weighted by Crippen LogP contribution is 2.37. The fourth-order valence-electron chi connectivity index (χ4n) is 2.50. The molecule has 0 aromatic heterocycles. The van der Waals surface area contributed by atoms with Gasteiger partial charge in [0.25, 0.3) is 0 Å². The van der Waals surface area contributed by atoms with E-state index in [1.54, 1.807) is 43.3 Å². The van der Waals surface area contributed by atoms with Crippen molar-refractivity contribution in [2.45, 2.75) is 13.8 Å². The highest BCUT2D eigenvalue weighted by Gasteiger charge is 2.30. The third-order valence-electron chi connectivity index (χ3n) is 3.63. The van der Waals surface area contributed by atoms with E-state index in [1.165, 1.54) is 6.92 Å². The topological polar surface area (TPSA) is 52.6 Å². The molecule has 1 heterocycles.